The van der Waals surface area contributed by atoms with Crippen molar-refractivity contribution in [3.8, 4) is 11.5 Å². The van der Waals surface area contributed by atoms with Crippen molar-refractivity contribution in [3.63, 3.8) is 0 Å². The molecule has 0 aliphatic carbocycles. The van der Waals surface area contributed by atoms with E-state index in [9.17, 15) is 4.79 Å². The van der Waals surface area contributed by atoms with Gasteiger partial charge in [-0.1, -0.05) is 11.2 Å². The maximum absolute atomic E-state index is 13.1. The van der Waals surface area contributed by atoms with Crippen LogP contribution in [0.5, 0.6) is 11.5 Å². The molecule has 0 spiro atoms. The van der Waals surface area contributed by atoms with Crippen molar-refractivity contribution in [1.82, 2.24) is 15.0 Å². The summed E-state index contributed by atoms with van der Waals surface area (Å²) in [5, 5.41) is 4.00. The van der Waals surface area contributed by atoms with Crippen molar-refractivity contribution >= 4 is 5.91 Å². The Bertz CT molecular complexity index is 788. The topological polar surface area (TPSA) is 77.7 Å². The molecule has 3 heterocycles. The second-order valence-electron chi connectivity index (χ2n) is 6.49. The van der Waals surface area contributed by atoms with Crippen molar-refractivity contribution in [3.05, 3.63) is 35.5 Å². The predicted octanol–water partition coefficient (Wildman–Crippen LogP) is 2.62. The molecule has 4 rings (SSSR count). The summed E-state index contributed by atoms with van der Waals surface area (Å²) in [6.07, 6.45) is 1.80. The highest BCUT2D eigenvalue weighted by molar-refractivity contribution is 5.84. The number of fused-ring (bicyclic) bond motifs is 1. The fourth-order valence-electron chi connectivity index (χ4n) is 3.47. The van der Waals surface area contributed by atoms with Crippen LogP contribution in [0.25, 0.3) is 0 Å². The van der Waals surface area contributed by atoms with E-state index in [0.29, 0.717) is 37.2 Å². The molecule has 1 aromatic heterocycles. The SMILES string of the molecule is Cc1nc([C@H]2CCCN2C(=O)[C@@H](C)c2ccc3c(c2)OCCO3)no1. The highest BCUT2D eigenvalue weighted by atomic mass is 16.6. The number of likely N-dealkylation sites (tertiary alicyclic amines) is 1. The summed E-state index contributed by atoms with van der Waals surface area (Å²) in [5.74, 6) is 2.35. The normalized spacial score (nSPS) is 20.6. The molecule has 2 aliphatic rings. The minimum atomic E-state index is -0.274. The molecule has 0 bridgehead atoms. The van der Waals surface area contributed by atoms with Gasteiger partial charge in [0.2, 0.25) is 11.8 Å². The zero-order valence-corrected chi connectivity index (χ0v) is 14.4. The Balaban J connectivity index is 1.55. The highest BCUT2D eigenvalue weighted by Gasteiger charge is 2.35. The van der Waals surface area contributed by atoms with Gasteiger partial charge in [-0.15, -0.1) is 0 Å². The van der Waals surface area contributed by atoms with Crippen LogP contribution >= 0.6 is 0 Å². The third-order valence-corrected chi connectivity index (χ3v) is 4.81. The highest BCUT2D eigenvalue weighted by Crippen LogP contribution is 2.36. The molecule has 2 aliphatic heterocycles. The maximum atomic E-state index is 13.1. The van der Waals surface area contributed by atoms with Gasteiger partial charge in [0.1, 0.15) is 13.2 Å². The van der Waals surface area contributed by atoms with Crippen molar-refractivity contribution < 1.29 is 18.8 Å². The number of nitrogens with zero attached hydrogens (tertiary/aromatic N) is 3. The number of hydrogen-bond donors (Lipinski definition) is 0. The molecule has 2 aromatic rings. The fourth-order valence-corrected chi connectivity index (χ4v) is 3.47. The molecule has 1 amide bonds. The number of ether oxygens (including phenoxy) is 2. The van der Waals surface area contributed by atoms with Crippen LogP contribution < -0.4 is 9.47 Å². The zero-order chi connectivity index (χ0) is 17.4. The fraction of sp³-hybridized carbons (Fsp3) is 0.500. The molecule has 0 N–H and O–H groups in total. The molecule has 1 fully saturated rings. The van der Waals surface area contributed by atoms with E-state index in [1.54, 1.807) is 6.92 Å². The lowest BCUT2D eigenvalue weighted by Gasteiger charge is -2.26. The standard InChI is InChI=1S/C18H21N3O4/c1-11(13-5-6-15-16(10-13)24-9-8-23-15)18(22)21-7-3-4-14(21)17-19-12(2)25-20-17/h5-6,10-11,14H,3-4,7-9H2,1-2H3/t11-,14+/m0/s1. The molecule has 7 nitrogen and oxygen atoms in total. The maximum Gasteiger partial charge on any atom is 0.230 e. The molecule has 25 heavy (non-hydrogen) atoms. The Morgan fingerprint density at radius 3 is 2.84 bits per heavy atom. The first-order chi connectivity index (χ1) is 12.1. The number of aryl methyl sites for hydroxylation is 1. The number of amides is 1. The van der Waals surface area contributed by atoms with Gasteiger partial charge in [-0.25, -0.2) is 0 Å². The van der Waals surface area contributed by atoms with Crippen LogP contribution in [-0.4, -0.2) is 40.7 Å². The Morgan fingerprint density at radius 2 is 2.08 bits per heavy atom. The number of rotatable bonds is 3. The average Bonchev–Trinajstić information content (AvgIpc) is 3.28. The van der Waals surface area contributed by atoms with Gasteiger partial charge >= 0.3 is 0 Å². The zero-order valence-electron chi connectivity index (χ0n) is 14.4. The lowest BCUT2D eigenvalue weighted by molar-refractivity contribution is -0.133. The van der Waals surface area contributed by atoms with Gasteiger partial charge in [-0.2, -0.15) is 4.98 Å². The molecule has 7 heteroatoms. The first-order valence-electron chi connectivity index (χ1n) is 8.63. The predicted molar refractivity (Wildman–Crippen MR) is 88.6 cm³/mol. The van der Waals surface area contributed by atoms with Gasteiger partial charge in [0.15, 0.2) is 17.3 Å². The third kappa shape index (κ3) is 2.94. The van der Waals surface area contributed by atoms with Crippen molar-refractivity contribution in [2.75, 3.05) is 19.8 Å². The Kier molecular flexibility index (Phi) is 4.07. The first-order valence-corrected chi connectivity index (χ1v) is 8.63. The van der Waals surface area contributed by atoms with Crippen LogP contribution in [0.1, 0.15) is 49.0 Å². The average molecular weight is 343 g/mol. The first kappa shape index (κ1) is 15.9. The summed E-state index contributed by atoms with van der Waals surface area (Å²) in [5.41, 5.74) is 0.921. The summed E-state index contributed by atoms with van der Waals surface area (Å²) < 4.78 is 16.3. The Morgan fingerprint density at radius 1 is 1.28 bits per heavy atom. The second-order valence-corrected chi connectivity index (χ2v) is 6.49. The van der Waals surface area contributed by atoms with E-state index >= 15 is 0 Å². The monoisotopic (exact) mass is 343 g/mol. The van der Waals surface area contributed by atoms with Gasteiger partial charge in [-0.05, 0) is 37.5 Å². The molecular formula is C18H21N3O4. The molecule has 1 saturated heterocycles. The Hall–Kier alpha value is -2.57. The van der Waals surface area contributed by atoms with Crippen LogP contribution in [0.4, 0.5) is 0 Å². The largest absolute Gasteiger partial charge is 0.486 e. The quantitative estimate of drug-likeness (QED) is 0.852. The number of carbonyl (C=O) groups excluding carboxylic acids is 1. The van der Waals surface area contributed by atoms with E-state index in [-0.39, 0.29) is 17.9 Å². The number of benzene rings is 1. The lowest BCUT2D eigenvalue weighted by atomic mass is 9.98. The van der Waals surface area contributed by atoms with Gasteiger partial charge in [0.05, 0.1) is 12.0 Å². The van der Waals surface area contributed by atoms with Crippen LogP contribution in [-0.2, 0) is 4.79 Å². The summed E-state index contributed by atoms with van der Waals surface area (Å²) >= 11 is 0. The Labute approximate surface area is 145 Å². The number of hydrogen-bond acceptors (Lipinski definition) is 6. The van der Waals surface area contributed by atoms with Crippen LogP contribution in [0.2, 0.25) is 0 Å². The molecular weight excluding hydrogens is 322 g/mol. The lowest BCUT2D eigenvalue weighted by Crippen LogP contribution is -2.34. The van der Waals surface area contributed by atoms with E-state index < -0.39 is 0 Å². The number of aromatic nitrogens is 2. The van der Waals surface area contributed by atoms with Crippen LogP contribution in [0.15, 0.2) is 22.7 Å². The van der Waals surface area contributed by atoms with E-state index in [0.717, 1.165) is 24.2 Å². The van der Waals surface area contributed by atoms with Gasteiger partial charge in [-0.3, -0.25) is 4.79 Å². The molecule has 1 aromatic carbocycles. The number of carbonyl (C=O) groups is 1. The summed E-state index contributed by atoms with van der Waals surface area (Å²) in [4.78, 5) is 19.2. The van der Waals surface area contributed by atoms with Gasteiger partial charge < -0.3 is 18.9 Å². The summed E-state index contributed by atoms with van der Waals surface area (Å²) in [7, 11) is 0. The van der Waals surface area contributed by atoms with Crippen LogP contribution in [0, 0.1) is 6.92 Å². The molecule has 2 atom stereocenters. The second kappa shape index (κ2) is 6.38. The van der Waals surface area contributed by atoms with Crippen molar-refractivity contribution in [2.24, 2.45) is 0 Å². The van der Waals surface area contributed by atoms with Crippen LogP contribution in [0.3, 0.4) is 0 Å². The molecule has 132 valence electrons. The minimum Gasteiger partial charge on any atom is -0.486 e. The van der Waals surface area contributed by atoms with E-state index in [1.165, 1.54) is 0 Å². The molecule has 0 radical (unpaired) electrons. The van der Waals surface area contributed by atoms with E-state index in [2.05, 4.69) is 10.1 Å². The summed E-state index contributed by atoms with van der Waals surface area (Å²) in [6.45, 7) is 5.48. The van der Waals surface area contributed by atoms with Crippen molar-refractivity contribution in [2.45, 2.75) is 38.6 Å². The van der Waals surface area contributed by atoms with Crippen molar-refractivity contribution in [1.29, 1.82) is 0 Å². The van der Waals surface area contributed by atoms with Gasteiger partial charge in [0.25, 0.3) is 0 Å². The third-order valence-electron chi connectivity index (χ3n) is 4.81. The summed E-state index contributed by atoms with van der Waals surface area (Å²) in [6, 6.07) is 5.60. The van der Waals surface area contributed by atoms with E-state index in [4.69, 9.17) is 14.0 Å². The smallest absolute Gasteiger partial charge is 0.230 e. The van der Waals surface area contributed by atoms with Gasteiger partial charge in [0, 0.05) is 13.5 Å². The van der Waals surface area contributed by atoms with E-state index in [1.807, 2.05) is 30.0 Å². The molecule has 0 unspecified atom stereocenters. The molecule has 0 saturated carbocycles. The minimum absolute atomic E-state index is 0.0710.